The van der Waals surface area contributed by atoms with E-state index in [1.807, 2.05) is 13.0 Å². The molecular weight excluding hydrogens is 393 g/mol. The summed E-state index contributed by atoms with van der Waals surface area (Å²) in [6, 6.07) is 5.31. The highest BCUT2D eigenvalue weighted by atomic mass is 127. The second kappa shape index (κ2) is 8.69. The van der Waals surface area contributed by atoms with Crippen molar-refractivity contribution in [3.8, 4) is 5.75 Å². The monoisotopic (exact) mass is 407 g/mol. The largest absolute Gasteiger partial charge is 0.481 e. The fraction of sp³-hybridized carbons (Fsp3) is 0.250. The standard InChI is InChI=1S/C12H14IN3O3S/c1-2-14-12(20)16-15-6-8-3-4-10(9(13)5-8)19-7-11(17)18/h3-6H,2,7H2,1H3,(H,17,18)(H2,14,16,20)/b15-6-. The topological polar surface area (TPSA) is 83.0 Å². The molecule has 6 nitrogen and oxygen atoms in total. The van der Waals surface area contributed by atoms with Gasteiger partial charge in [-0.3, -0.25) is 5.43 Å². The third-order valence-electron chi connectivity index (χ3n) is 2.02. The van der Waals surface area contributed by atoms with E-state index in [0.717, 1.165) is 15.7 Å². The predicted molar refractivity (Wildman–Crippen MR) is 89.3 cm³/mol. The van der Waals surface area contributed by atoms with E-state index in [2.05, 4.69) is 38.4 Å². The molecule has 0 aliphatic carbocycles. The van der Waals surface area contributed by atoms with Crippen molar-refractivity contribution in [2.75, 3.05) is 13.2 Å². The normalized spacial score (nSPS) is 10.3. The molecule has 0 aliphatic heterocycles. The molecule has 0 spiro atoms. The highest BCUT2D eigenvalue weighted by Crippen LogP contribution is 2.21. The fourth-order valence-corrected chi connectivity index (χ4v) is 2.11. The van der Waals surface area contributed by atoms with Gasteiger partial charge in [-0.15, -0.1) is 0 Å². The van der Waals surface area contributed by atoms with Crippen LogP contribution in [0.15, 0.2) is 23.3 Å². The Hall–Kier alpha value is -1.42. The second-order valence-electron chi connectivity index (χ2n) is 3.60. The predicted octanol–water partition coefficient (Wildman–Crippen LogP) is 1.57. The number of nitrogens with zero attached hydrogens (tertiary/aromatic N) is 1. The van der Waals surface area contributed by atoms with Gasteiger partial charge < -0.3 is 15.2 Å². The molecule has 1 aromatic rings. The molecule has 0 aliphatic rings. The molecule has 0 radical (unpaired) electrons. The van der Waals surface area contributed by atoms with Crippen molar-refractivity contribution in [1.82, 2.24) is 10.7 Å². The molecule has 0 saturated carbocycles. The highest BCUT2D eigenvalue weighted by molar-refractivity contribution is 14.1. The van der Waals surface area contributed by atoms with Crippen molar-refractivity contribution in [3.05, 3.63) is 27.3 Å². The summed E-state index contributed by atoms with van der Waals surface area (Å²) < 4.78 is 5.94. The van der Waals surface area contributed by atoms with Gasteiger partial charge in [-0.25, -0.2) is 4.79 Å². The van der Waals surface area contributed by atoms with Crippen LogP contribution in [0.5, 0.6) is 5.75 Å². The summed E-state index contributed by atoms with van der Waals surface area (Å²) in [4.78, 5) is 10.4. The van der Waals surface area contributed by atoms with Gasteiger partial charge in [0.05, 0.1) is 9.78 Å². The van der Waals surface area contributed by atoms with Gasteiger partial charge in [-0.2, -0.15) is 5.10 Å². The molecule has 1 rings (SSSR count). The zero-order valence-corrected chi connectivity index (χ0v) is 13.7. The first-order valence-electron chi connectivity index (χ1n) is 5.74. The molecule has 0 aromatic heterocycles. The summed E-state index contributed by atoms with van der Waals surface area (Å²) in [5.41, 5.74) is 3.54. The lowest BCUT2D eigenvalue weighted by atomic mass is 10.2. The van der Waals surface area contributed by atoms with E-state index in [-0.39, 0.29) is 6.61 Å². The summed E-state index contributed by atoms with van der Waals surface area (Å²) in [6.07, 6.45) is 1.62. The number of carboxylic acids is 1. The quantitative estimate of drug-likeness (QED) is 0.288. The molecule has 1 aromatic carbocycles. The van der Waals surface area contributed by atoms with Crippen LogP contribution < -0.4 is 15.5 Å². The minimum atomic E-state index is -1.01. The summed E-state index contributed by atoms with van der Waals surface area (Å²) in [6.45, 7) is 2.31. The summed E-state index contributed by atoms with van der Waals surface area (Å²) in [5.74, 6) is -0.478. The minimum absolute atomic E-state index is 0.359. The van der Waals surface area contributed by atoms with E-state index < -0.39 is 5.97 Å². The number of thiocarbonyl (C=S) groups is 1. The first kappa shape index (κ1) is 16.6. The molecule has 8 heteroatoms. The summed E-state index contributed by atoms with van der Waals surface area (Å²) in [7, 11) is 0. The van der Waals surface area contributed by atoms with Crippen LogP contribution in [0.1, 0.15) is 12.5 Å². The SMILES string of the molecule is CCNC(=S)N/N=C\c1ccc(OCC(=O)O)c(I)c1. The van der Waals surface area contributed by atoms with Crippen LogP contribution in [0.2, 0.25) is 0 Å². The van der Waals surface area contributed by atoms with E-state index >= 15 is 0 Å². The Kier molecular flexibility index (Phi) is 7.23. The van der Waals surface area contributed by atoms with E-state index in [1.54, 1.807) is 18.3 Å². The fourth-order valence-electron chi connectivity index (χ4n) is 1.22. The Morgan fingerprint density at radius 1 is 1.60 bits per heavy atom. The molecule has 0 atom stereocenters. The highest BCUT2D eigenvalue weighted by Gasteiger charge is 2.04. The maximum absolute atomic E-state index is 10.4. The average Bonchev–Trinajstić information content (AvgIpc) is 2.38. The van der Waals surface area contributed by atoms with Gasteiger partial charge in [0.25, 0.3) is 0 Å². The number of carboxylic acid groups (broad SMARTS) is 1. The van der Waals surface area contributed by atoms with E-state index in [1.165, 1.54) is 0 Å². The van der Waals surface area contributed by atoms with Gasteiger partial charge in [-0.05, 0) is 65.5 Å². The van der Waals surface area contributed by atoms with Gasteiger partial charge in [0.1, 0.15) is 5.75 Å². The average molecular weight is 407 g/mol. The van der Waals surface area contributed by atoms with Crippen LogP contribution in [0.4, 0.5) is 0 Å². The maximum Gasteiger partial charge on any atom is 0.341 e. The minimum Gasteiger partial charge on any atom is -0.481 e. The lowest BCUT2D eigenvalue weighted by molar-refractivity contribution is -0.139. The third-order valence-corrected chi connectivity index (χ3v) is 3.10. The Morgan fingerprint density at radius 2 is 2.35 bits per heavy atom. The van der Waals surface area contributed by atoms with Crippen molar-refractivity contribution in [2.24, 2.45) is 5.10 Å². The van der Waals surface area contributed by atoms with Gasteiger partial charge >= 0.3 is 5.97 Å². The van der Waals surface area contributed by atoms with Crippen molar-refractivity contribution >= 4 is 52.1 Å². The number of hydrazone groups is 1. The smallest absolute Gasteiger partial charge is 0.341 e. The van der Waals surface area contributed by atoms with Crippen molar-refractivity contribution in [3.63, 3.8) is 0 Å². The molecule has 20 heavy (non-hydrogen) atoms. The first-order valence-corrected chi connectivity index (χ1v) is 7.22. The van der Waals surface area contributed by atoms with Gasteiger partial charge in [0, 0.05) is 6.54 Å². The Balaban J connectivity index is 2.60. The number of hydrogen-bond donors (Lipinski definition) is 3. The zero-order chi connectivity index (χ0) is 15.0. The first-order chi connectivity index (χ1) is 9.52. The van der Waals surface area contributed by atoms with Crippen LogP contribution in [0, 0.1) is 3.57 Å². The number of benzene rings is 1. The van der Waals surface area contributed by atoms with Gasteiger partial charge in [-0.1, -0.05) is 0 Å². The number of halogens is 1. The van der Waals surface area contributed by atoms with Crippen LogP contribution in [-0.4, -0.2) is 35.6 Å². The number of hydrogen-bond acceptors (Lipinski definition) is 4. The Morgan fingerprint density at radius 3 is 2.95 bits per heavy atom. The van der Waals surface area contributed by atoms with Crippen LogP contribution in [-0.2, 0) is 4.79 Å². The van der Waals surface area contributed by atoms with Crippen LogP contribution >= 0.6 is 34.8 Å². The number of carbonyl (C=O) groups is 1. The Labute approximate surface area is 135 Å². The Bertz CT molecular complexity index is 523. The molecule has 0 heterocycles. The molecule has 0 unspecified atom stereocenters. The lowest BCUT2D eigenvalue weighted by Gasteiger charge is -2.06. The summed E-state index contributed by atoms with van der Waals surface area (Å²) >= 11 is 7.03. The molecule has 0 fully saturated rings. The lowest BCUT2D eigenvalue weighted by Crippen LogP contribution is -2.31. The van der Waals surface area contributed by atoms with Crippen molar-refractivity contribution < 1.29 is 14.6 Å². The van der Waals surface area contributed by atoms with Crippen LogP contribution in [0.25, 0.3) is 0 Å². The van der Waals surface area contributed by atoms with Crippen LogP contribution in [0.3, 0.4) is 0 Å². The number of ether oxygens (including phenoxy) is 1. The number of rotatable bonds is 6. The molecular formula is C12H14IN3O3S. The second-order valence-corrected chi connectivity index (χ2v) is 5.17. The molecule has 0 bridgehead atoms. The van der Waals surface area contributed by atoms with E-state index in [0.29, 0.717) is 10.9 Å². The number of nitrogens with one attached hydrogen (secondary N) is 2. The van der Waals surface area contributed by atoms with E-state index in [4.69, 9.17) is 22.1 Å². The van der Waals surface area contributed by atoms with Crippen molar-refractivity contribution in [2.45, 2.75) is 6.92 Å². The molecule has 0 amide bonds. The zero-order valence-electron chi connectivity index (χ0n) is 10.7. The van der Waals surface area contributed by atoms with Crippen molar-refractivity contribution in [1.29, 1.82) is 0 Å². The maximum atomic E-state index is 10.4. The van der Waals surface area contributed by atoms with Gasteiger partial charge in [0.15, 0.2) is 11.7 Å². The molecule has 108 valence electrons. The number of aliphatic carboxylic acids is 1. The van der Waals surface area contributed by atoms with E-state index in [9.17, 15) is 4.79 Å². The van der Waals surface area contributed by atoms with Gasteiger partial charge in [0.2, 0.25) is 0 Å². The molecule has 0 saturated heterocycles. The third kappa shape index (κ3) is 6.15. The summed E-state index contributed by atoms with van der Waals surface area (Å²) in [5, 5.41) is 15.9. The molecule has 3 N–H and O–H groups in total.